The summed E-state index contributed by atoms with van der Waals surface area (Å²) in [6.45, 7) is 3.50. The maximum absolute atomic E-state index is 13.3. The molecule has 0 saturated carbocycles. The molecule has 54 heavy (non-hydrogen) atoms. The number of esters is 4. The summed E-state index contributed by atoms with van der Waals surface area (Å²) in [5, 5.41) is 0. The van der Waals surface area contributed by atoms with Crippen LogP contribution < -0.4 is 0 Å². The third-order valence-electron chi connectivity index (χ3n) is 10.0. The number of carbonyl (C=O) groups excluding carboxylic acids is 4. The van der Waals surface area contributed by atoms with Gasteiger partial charge in [-0.1, -0.05) is 72.8 Å². The molecular formula is C42H46O12. The minimum atomic E-state index is -1.61. The van der Waals surface area contributed by atoms with E-state index in [0.29, 0.717) is 31.8 Å². The highest BCUT2D eigenvalue weighted by atomic mass is 16.6. The van der Waals surface area contributed by atoms with E-state index in [9.17, 15) is 19.2 Å². The van der Waals surface area contributed by atoms with Gasteiger partial charge in [0.25, 0.3) is 0 Å². The Morgan fingerprint density at radius 2 is 1.43 bits per heavy atom. The van der Waals surface area contributed by atoms with Crippen molar-refractivity contribution in [2.75, 3.05) is 27.4 Å². The van der Waals surface area contributed by atoms with Crippen molar-refractivity contribution in [1.29, 1.82) is 0 Å². The Morgan fingerprint density at radius 3 is 2.06 bits per heavy atom. The van der Waals surface area contributed by atoms with Crippen molar-refractivity contribution in [3.63, 3.8) is 0 Å². The van der Waals surface area contributed by atoms with Gasteiger partial charge in [0.05, 0.1) is 46.2 Å². The van der Waals surface area contributed by atoms with Crippen LogP contribution in [0.15, 0.2) is 84.9 Å². The zero-order valence-corrected chi connectivity index (χ0v) is 30.9. The Morgan fingerprint density at radius 1 is 0.759 bits per heavy atom. The van der Waals surface area contributed by atoms with Gasteiger partial charge in [-0.2, -0.15) is 0 Å². The molecule has 1 fully saturated rings. The van der Waals surface area contributed by atoms with Gasteiger partial charge in [-0.15, -0.1) is 0 Å². The van der Waals surface area contributed by atoms with Crippen molar-refractivity contribution in [1.82, 2.24) is 0 Å². The first kappa shape index (κ1) is 38.8. The van der Waals surface area contributed by atoms with Crippen LogP contribution >= 0.6 is 0 Å². The van der Waals surface area contributed by atoms with Gasteiger partial charge in [0, 0.05) is 26.7 Å². The minimum Gasteiger partial charge on any atom is -0.468 e. The number of carbonyl (C=O) groups is 4. The molecule has 6 rings (SSSR count). The maximum atomic E-state index is 13.3. The molecule has 0 unspecified atom stereocenters. The second kappa shape index (κ2) is 17.5. The molecule has 12 nitrogen and oxygen atoms in total. The molecule has 0 spiro atoms. The van der Waals surface area contributed by atoms with Crippen molar-refractivity contribution in [3.05, 3.63) is 118 Å². The predicted molar refractivity (Wildman–Crippen MR) is 193 cm³/mol. The van der Waals surface area contributed by atoms with Gasteiger partial charge in [-0.25, -0.2) is 0 Å². The standard InChI is InChI=1S/C42H46O12/c1-26(43)50-25-39-35(52-27(2)44)16-15-34(53-39)32-18-30(17-31-20-42(21-33(31)32,40(45)47-3)41(46)48-4)36-19-37(51-23-29-13-9-6-10-14-29)38(54-36)24-49-22-28-11-7-5-8-12-28/h5-18,34-39H,19-25H2,1-4H3/t34-,35-,36+,37-,38+,39+/m0/s1. The van der Waals surface area contributed by atoms with Crippen LogP contribution in [-0.2, 0) is 83.1 Å². The molecule has 6 atom stereocenters. The Balaban J connectivity index is 1.34. The van der Waals surface area contributed by atoms with Crippen molar-refractivity contribution in [2.24, 2.45) is 5.41 Å². The summed E-state index contributed by atoms with van der Waals surface area (Å²) in [4.78, 5) is 50.4. The molecular weight excluding hydrogens is 696 g/mol. The molecule has 3 aromatic rings. The maximum Gasteiger partial charge on any atom is 0.323 e. The fourth-order valence-corrected chi connectivity index (χ4v) is 7.41. The van der Waals surface area contributed by atoms with Gasteiger partial charge < -0.3 is 37.9 Å². The highest BCUT2D eigenvalue weighted by Crippen LogP contribution is 2.46. The van der Waals surface area contributed by atoms with Gasteiger partial charge in [-0.05, 0) is 51.9 Å². The molecule has 1 saturated heterocycles. The van der Waals surface area contributed by atoms with Crippen molar-refractivity contribution < 1.29 is 57.1 Å². The molecule has 2 aliphatic heterocycles. The number of ether oxygens (including phenoxy) is 8. The van der Waals surface area contributed by atoms with Crippen LogP contribution in [0.3, 0.4) is 0 Å². The van der Waals surface area contributed by atoms with E-state index in [2.05, 4.69) is 0 Å². The van der Waals surface area contributed by atoms with Crippen molar-refractivity contribution >= 4 is 23.9 Å². The first-order valence-electron chi connectivity index (χ1n) is 18.0. The minimum absolute atomic E-state index is 0.0112. The summed E-state index contributed by atoms with van der Waals surface area (Å²) in [7, 11) is 2.48. The summed E-state index contributed by atoms with van der Waals surface area (Å²) in [6, 6.07) is 23.7. The van der Waals surface area contributed by atoms with Gasteiger partial charge in [0.15, 0.2) is 5.41 Å². The number of hydrogen-bond acceptors (Lipinski definition) is 12. The Bertz CT molecular complexity index is 1810. The van der Waals surface area contributed by atoms with E-state index in [1.165, 1.54) is 28.1 Å². The van der Waals surface area contributed by atoms with Crippen LogP contribution in [0.5, 0.6) is 0 Å². The quantitative estimate of drug-likeness (QED) is 0.0923. The van der Waals surface area contributed by atoms with Crippen molar-refractivity contribution in [2.45, 2.75) is 82.9 Å². The molecule has 1 aliphatic carbocycles. The van der Waals surface area contributed by atoms with E-state index in [1.54, 1.807) is 12.2 Å². The number of benzene rings is 3. The topological polar surface area (TPSA) is 142 Å². The lowest BCUT2D eigenvalue weighted by Gasteiger charge is -2.33. The average Bonchev–Trinajstić information content (AvgIpc) is 3.78. The van der Waals surface area contributed by atoms with Crippen molar-refractivity contribution in [3.8, 4) is 0 Å². The molecule has 0 bridgehead atoms. The van der Waals surface area contributed by atoms with Crippen LogP contribution in [0.25, 0.3) is 0 Å². The fraction of sp³-hybridized carbons (Fsp3) is 0.429. The molecule has 3 aromatic carbocycles. The fourth-order valence-electron chi connectivity index (χ4n) is 7.41. The molecule has 0 radical (unpaired) electrons. The Kier molecular flexibility index (Phi) is 12.6. The second-order valence-corrected chi connectivity index (χ2v) is 13.8. The second-order valence-electron chi connectivity index (χ2n) is 13.8. The van der Waals surface area contributed by atoms with E-state index in [1.807, 2.05) is 72.8 Å². The molecule has 0 aromatic heterocycles. The van der Waals surface area contributed by atoms with E-state index in [0.717, 1.165) is 27.8 Å². The van der Waals surface area contributed by atoms with E-state index >= 15 is 0 Å². The predicted octanol–water partition coefficient (Wildman–Crippen LogP) is 5.24. The van der Waals surface area contributed by atoms with Crippen LogP contribution in [0.4, 0.5) is 0 Å². The molecule has 12 heteroatoms. The van der Waals surface area contributed by atoms with E-state index in [4.69, 9.17) is 37.9 Å². The summed E-state index contributed by atoms with van der Waals surface area (Å²) in [5.74, 6) is -2.45. The Labute approximate surface area is 314 Å². The lowest BCUT2D eigenvalue weighted by atomic mass is 9.84. The summed E-state index contributed by atoms with van der Waals surface area (Å²) in [5.41, 5.74) is 3.40. The number of rotatable bonds is 14. The van der Waals surface area contributed by atoms with Crippen LogP contribution in [0.2, 0.25) is 0 Å². The smallest absolute Gasteiger partial charge is 0.323 e. The Hall–Kier alpha value is -4.88. The van der Waals surface area contributed by atoms with Gasteiger partial charge in [-0.3, -0.25) is 19.2 Å². The highest BCUT2D eigenvalue weighted by Gasteiger charge is 2.54. The van der Waals surface area contributed by atoms with E-state index in [-0.39, 0.29) is 25.6 Å². The number of methoxy groups -OCH3 is 2. The highest BCUT2D eigenvalue weighted by molar-refractivity contribution is 6.01. The van der Waals surface area contributed by atoms with Crippen LogP contribution in [-0.4, -0.2) is 75.7 Å². The van der Waals surface area contributed by atoms with E-state index < -0.39 is 59.8 Å². The molecule has 3 aliphatic rings. The lowest BCUT2D eigenvalue weighted by Crippen LogP contribution is -2.42. The number of fused-ring (bicyclic) bond motifs is 1. The lowest BCUT2D eigenvalue weighted by molar-refractivity contribution is -0.168. The summed E-state index contributed by atoms with van der Waals surface area (Å²) >= 11 is 0. The average molecular weight is 743 g/mol. The molecule has 0 amide bonds. The third kappa shape index (κ3) is 8.90. The molecule has 0 N–H and O–H groups in total. The van der Waals surface area contributed by atoms with Gasteiger partial charge >= 0.3 is 23.9 Å². The SMILES string of the molecule is COC(=O)C1(C(=O)OC)Cc2cc([C@H]3C[C@H](OCc4ccccc4)[C@@H](COCc4ccccc4)O3)cc([C@@H]3C=C[C@H](OC(C)=O)[C@@H](COC(C)=O)O3)c2C1. The first-order valence-corrected chi connectivity index (χ1v) is 18.0. The van der Waals surface area contributed by atoms with Gasteiger partial charge in [0.2, 0.25) is 0 Å². The zero-order valence-electron chi connectivity index (χ0n) is 30.9. The first-order chi connectivity index (χ1) is 26.1. The largest absolute Gasteiger partial charge is 0.468 e. The summed E-state index contributed by atoms with van der Waals surface area (Å²) in [6.07, 6.45) is 0.503. The molecule has 286 valence electrons. The molecule has 2 heterocycles. The van der Waals surface area contributed by atoms with Gasteiger partial charge in [0.1, 0.15) is 31.0 Å². The van der Waals surface area contributed by atoms with Crippen LogP contribution in [0, 0.1) is 5.41 Å². The zero-order chi connectivity index (χ0) is 38.2. The summed E-state index contributed by atoms with van der Waals surface area (Å²) < 4.78 is 46.9. The van der Waals surface area contributed by atoms with Crippen LogP contribution in [0.1, 0.15) is 65.9 Å². The monoisotopic (exact) mass is 742 g/mol. The number of hydrogen-bond donors (Lipinski definition) is 0. The third-order valence-corrected chi connectivity index (χ3v) is 10.0. The normalized spacial score (nSPS) is 24.0.